The van der Waals surface area contributed by atoms with Crippen LogP contribution in [-0.4, -0.2) is 32.1 Å². The number of nitrogens with one attached hydrogen (secondary N) is 2. The van der Waals surface area contributed by atoms with Crippen LogP contribution in [0.1, 0.15) is 25.3 Å². The first-order valence-electron chi connectivity index (χ1n) is 7.24. The van der Waals surface area contributed by atoms with Crippen LogP contribution in [0.15, 0.2) is 24.3 Å². The molecule has 2 aromatic rings. The maximum atomic E-state index is 12.2. The zero-order valence-electron chi connectivity index (χ0n) is 12.3. The molecule has 0 spiro atoms. The van der Waals surface area contributed by atoms with Gasteiger partial charge in [-0.25, -0.2) is 0 Å². The molecule has 1 aliphatic carbocycles. The van der Waals surface area contributed by atoms with Crippen LogP contribution in [0.5, 0.6) is 0 Å². The number of aromatic nitrogens is 4. The predicted molar refractivity (Wildman–Crippen MR) is 81.4 cm³/mol. The van der Waals surface area contributed by atoms with Crippen LogP contribution in [0.4, 0.5) is 0 Å². The first-order chi connectivity index (χ1) is 10.6. The lowest BCUT2D eigenvalue weighted by atomic mass is 9.99. The van der Waals surface area contributed by atoms with Crippen LogP contribution in [0.2, 0.25) is 0 Å². The summed E-state index contributed by atoms with van der Waals surface area (Å²) in [6, 6.07) is 7.80. The Morgan fingerprint density at radius 3 is 2.73 bits per heavy atom. The van der Waals surface area contributed by atoms with Crippen LogP contribution in [0, 0.1) is 18.3 Å². The molecule has 1 amide bonds. The van der Waals surface area contributed by atoms with Crippen molar-refractivity contribution >= 4 is 5.91 Å². The molecule has 0 saturated heterocycles. The molecular weight excluding hydrogens is 278 g/mol. The molecule has 0 aliphatic heterocycles. The van der Waals surface area contributed by atoms with Gasteiger partial charge in [0.2, 0.25) is 11.7 Å². The summed E-state index contributed by atoms with van der Waals surface area (Å²) in [6.45, 7) is 1.91. The van der Waals surface area contributed by atoms with E-state index in [1.165, 1.54) is 0 Å². The smallest absolute Gasteiger partial charge is 0.224 e. The van der Waals surface area contributed by atoms with Gasteiger partial charge in [-0.15, -0.1) is 16.6 Å². The SMILES string of the molecule is C#CC1(NC(=O)C(C)Cc2ccc(-c3nn[nH]n3)cc2)CC1. The third-order valence-corrected chi connectivity index (χ3v) is 3.94. The highest BCUT2D eigenvalue weighted by Gasteiger charge is 2.42. The van der Waals surface area contributed by atoms with Crippen molar-refractivity contribution in [2.24, 2.45) is 5.92 Å². The van der Waals surface area contributed by atoms with E-state index in [0.29, 0.717) is 12.2 Å². The number of benzene rings is 1. The molecule has 6 nitrogen and oxygen atoms in total. The van der Waals surface area contributed by atoms with Crippen LogP contribution < -0.4 is 5.32 Å². The van der Waals surface area contributed by atoms with E-state index < -0.39 is 0 Å². The van der Waals surface area contributed by atoms with Crippen molar-refractivity contribution in [3.05, 3.63) is 29.8 Å². The third kappa shape index (κ3) is 2.98. The quantitative estimate of drug-likeness (QED) is 0.815. The topological polar surface area (TPSA) is 83.6 Å². The minimum Gasteiger partial charge on any atom is -0.340 e. The van der Waals surface area contributed by atoms with Crippen molar-refractivity contribution in [3.63, 3.8) is 0 Å². The number of H-pyrrole nitrogens is 1. The van der Waals surface area contributed by atoms with Crippen LogP contribution >= 0.6 is 0 Å². The Hall–Kier alpha value is -2.68. The molecule has 0 bridgehead atoms. The molecule has 1 aliphatic rings. The molecule has 6 heteroatoms. The molecule has 1 unspecified atom stereocenters. The van der Waals surface area contributed by atoms with E-state index in [0.717, 1.165) is 24.0 Å². The highest BCUT2D eigenvalue weighted by Crippen LogP contribution is 2.34. The van der Waals surface area contributed by atoms with Gasteiger partial charge in [-0.05, 0) is 30.0 Å². The Morgan fingerprint density at radius 1 is 1.45 bits per heavy atom. The van der Waals surface area contributed by atoms with Gasteiger partial charge in [0.1, 0.15) is 5.54 Å². The molecule has 0 radical (unpaired) electrons. The van der Waals surface area contributed by atoms with E-state index in [1.807, 2.05) is 31.2 Å². The number of nitrogens with zero attached hydrogens (tertiary/aromatic N) is 3. The van der Waals surface area contributed by atoms with Gasteiger partial charge in [0.25, 0.3) is 0 Å². The average molecular weight is 295 g/mol. The van der Waals surface area contributed by atoms with Gasteiger partial charge in [0.05, 0.1) is 0 Å². The van der Waals surface area contributed by atoms with Gasteiger partial charge in [-0.2, -0.15) is 5.21 Å². The maximum absolute atomic E-state index is 12.2. The fourth-order valence-corrected chi connectivity index (χ4v) is 2.31. The Kier molecular flexibility index (Phi) is 3.63. The predicted octanol–water partition coefficient (Wildman–Crippen LogP) is 1.33. The number of amides is 1. The first-order valence-corrected chi connectivity index (χ1v) is 7.24. The third-order valence-electron chi connectivity index (χ3n) is 3.94. The number of rotatable bonds is 5. The number of carbonyl (C=O) groups excluding carboxylic acids is 1. The normalized spacial score (nSPS) is 16.5. The second-order valence-corrected chi connectivity index (χ2v) is 5.75. The summed E-state index contributed by atoms with van der Waals surface area (Å²) < 4.78 is 0. The minimum atomic E-state index is -0.381. The zero-order chi connectivity index (χ0) is 15.6. The fourth-order valence-electron chi connectivity index (χ4n) is 2.31. The molecule has 1 fully saturated rings. The van der Waals surface area contributed by atoms with E-state index in [4.69, 9.17) is 6.42 Å². The van der Waals surface area contributed by atoms with Gasteiger partial charge in [-0.3, -0.25) is 4.79 Å². The number of terminal acetylenes is 1. The molecule has 1 aromatic carbocycles. The zero-order valence-corrected chi connectivity index (χ0v) is 12.3. The summed E-state index contributed by atoms with van der Waals surface area (Å²) in [5.74, 6) is 3.12. The number of aromatic amines is 1. The standard InChI is InChI=1S/C16H17N5O/c1-3-16(8-9-16)17-15(22)11(2)10-12-4-6-13(7-5-12)14-18-20-21-19-14/h1,4-7,11H,8-10H2,2H3,(H,17,22)(H,18,19,20,21). The van der Waals surface area contributed by atoms with Crippen molar-refractivity contribution in [1.29, 1.82) is 0 Å². The van der Waals surface area contributed by atoms with Gasteiger partial charge in [-0.1, -0.05) is 37.1 Å². The van der Waals surface area contributed by atoms with E-state index in [9.17, 15) is 4.79 Å². The summed E-state index contributed by atoms with van der Waals surface area (Å²) in [6.07, 6.45) is 7.87. The highest BCUT2D eigenvalue weighted by atomic mass is 16.2. The van der Waals surface area contributed by atoms with E-state index >= 15 is 0 Å². The van der Waals surface area contributed by atoms with Crippen molar-refractivity contribution < 1.29 is 4.79 Å². The van der Waals surface area contributed by atoms with Crippen LogP contribution in [0.3, 0.4) is 0 Å². The molecule has 1 heterocycles. The molecule has 3 rings (SSSR count). The second-order valence-electron chi connectivity index (χ2n) is 5.75. The number of tetrazole rings is 1. The van der Waals surface area contributed by atoms with Gasteiger partial charge < -0.3 is 5.32 Å². The molecule has 22 heavy (non-hydrogen) atoms. The lowest BCUT2D eigenvalue weighted by Gasteiger charge is -2.16. The monoisotopic (exact) mass is 295 g/mol. The Balaban J connectivity index is 1.61. The minimum absolute atomic E-state index is 0.0118. The van der Waals surface area contributed by atoms with Crippen molar-refractivity contribution in [2.45, 2.75) is 31.7 Å². The second kappa shape index (κ2) is 5.60. The molecule has 2 N–H and O–H groups in total. The van der Waals surface area contributed by atoms with Crippen molar-refractivity contribution in [3.8, 4) is 23.7 Å². The van der Waals surface area contributed by atoms with E-state index in [2.05, 4.69) is 31.9 Å². The summed E-state index contributed by atoms with van der Waals surface area (Å²) in [5.41, 5.74) is 1.59. The van der Waals surface area contributed by atoms with Crippen LogP contribution in [0.25, 0.3) is 11.4 Å². The molecule has 112 valence electrons. The number of carbonyl (C=O) groups is 1. The largest absolute Gasteiger partial charge is 0.340 e. The summed E-state index contributed by atoms with van der Waals surface area (Å²) in [7, 11) is 0. The highest BCUT2D eigenvalue weighted by molar-refractivity contribution is 5.80. The Labute approximate surface area is 128 Å². The van der Waals surface area contributed by atoms with Gasteiger partial charge in [0.15, 0.2) is 0 Å². The van der Waals surface area contributed by atoms with Gasteiger partial charge in [0, 0.05) is 11.5 Å². The summed E-state index contributed by atoms with van der Waals surface area (Å²) >= 11 is 0. The molecule has 1 aromatic heterocycles. The Bertz CT molecular complexity index is 695. The average Bonchev–Trinajstić information content (AvgIpc) is 3.09. The Morgan fingerprint density at radius 2 is 2.18 bits per heavy atom. The fraction of sp³-hybridized carbons (Fsp3) is 0.375. The molecule has 1 atom stereocenters. The summed E-state index contributed by atoms with van der Waals surface area (Å²) in [5, 5.41) is 16.8. The van der Waals surface area contributed by atoms with Crippen molar-refractivity contribution in [1.82, 2.24) is 25.9 Å². The van der Waals surface area contributed by atoms with Gasteiger partial charge >= 0.3 is 0 Å². The van der Waals surface area contributed by atoms with E-state index in [1.54, 1.807) is 0 Å². The molecule has 1 saturated carbocycles. The lowest BCUT2D eigenvalue weighted by Crippen LogP contribution is -2.39. The van der Waals surface area contributed by atoms with E-state index in [-0.39, 0.29) is 17.4 Å². The lowest BCUT2D eigenvalue weighted by molar-refractivity contribution is -0.125. The van der Waals surface area contributed by atoms with Crippen LogP contribution in [-0.2, 0) is 11.2 Å². The van der Waals surface area contributed by atoms with Crippen molar-refractivity contribution in [2.75, 3.05) is 0 Å². The first kappa shape index (κ1) is 14.3. The number of hydrogen-bond acceptors (Lipinski definition) is 4. The number of hydrogen-bond donors (Lipinski definition) is 2. The maximum Gasteiger partial charge on any atom is 0.224 e. The molecular formula is C16H17N5O. The summed E-state index contributed by atoms with van der Waals surface area (Å²) in [4.78, 5) is 12.2.